The summed E-state index contributed by atoms with van der Waals surface area (Å²) in [6, 6.07) is 15.5. The molecule has 5 rings (SSSR count). The van der Waals surface area contributed by atoms with Crippen molar-refractivity contribution in [2.24, 2.45) is 5.73 Å². The van der Waals surface area contributed by atoms with E-state index in [1.807, 2.05) is 59.4 Å². The van der Waals surface area contributed by atoms with Gasteiger partial charge in [-0.25, -0.2) is 14.5 Å². The van der Waals surface area contributed by atoms with E-state index in [9.17, 15) is 4.79 Å². The highest BCUT2D eigenvalue weighted by Gasteiger charge is 2.11. The third-order valence-electron chi connectivity index (χ3n) is 4.83. The van der Waals surface area contributed by atoms with Gasteiger partial charge in [-0.3, -0.25) is 4.79 Å². The van der Waals surface area contributed by atoms with Crippen molar-refractivity contribution in [2.75, 3.05) is 6.61 Å². The number of ether oxygens (including phenoxy) is 1. The molecular weight excluding hydrogens is 380 g/mol. The minimum absolute atomic E-state index is 0.187. The predicted molar refractivity (Wildman–Crippen MR) is 113 cm³/mol. The van der Waals surface area contributed by atoms with Crippen LogP contribution in [0.1, 0.15) is 6.42 Å². The average molecular weight is 398 g/mol. The minimum atomic E-state index is -0.383. The summed E-state index contributed by atoms with van der Waals surface area (Å²) in [6.07, 6.45) is 5.67. The molecule has 4 aromatic heterocycles. The molecule has 0 saturated carbocycles. The molecule has 148 valence electrons. The van der Waals surface area contributed by atoms with Crippen LogP contribution in [0.4, 0.5) is 0 Å². The number of aromatic amines is 1. The molecule has 0 fully saturated rings. The van der Waals surface area contributed by atoms with Gasteiger partial charge in [-0.1, -0.05) is 0 Å². The van der Waals surface area contributed by atoms with Crippen LogP contribution < -0.4 is 10.5 Å². The number of primary amides is 1. The van der Waals surface area contributed by atoms with Crippen LogP contribution in [0, 0.1) is 0 Å². The number of hydrogen-bond acceptors (Lipinski definition) is 5. The van der Waals surface area contributed by atoms with Gasteiger partial charge >= 0.3 is 0 Å². The molecule has 30 heavy (non-hydrogen) atoms. The van der Waals surface area contributed by atoms with E-state index in [0.29, 0.717) is 5.75 Å². The number of pyridine rings is 1. The van der Waals surface area contributed by atoms with Crippen molar-refractivity contribution in [1.29, 1.82) is 0 Å². The molecule has 8 heteroatoms. The lowest BCUT2D eigenvalue weighted by Gasteiger charge is -2.07. The van der Waals surface area contributed by atoms with E-state index in [1.165, 1.54) is 0 Å². The third kappa shape index (κ3) is 3.35. The number of benzene rings is 1. The highest BCUT2D eigenvalue weighted by molar-refractivity contribution is 5.81. The lowest BCUT2D eigenvalue weighted by molar-refractivity contribution is -0.118. The van der Waals surface area contributed by atoms with E-state index in [2.05, 4.69) is 21.0 Å². The van der Waals surface area contributed by atoms with Crippen LogP contribution in [-0.2, 0) is 4.79 Å². The highest BCUT2D eigenvalue weighted by Crippen LogP contribution is 2.25. The molecule has 1 aromatic carbocycles. The van der Waals surface area contributed by atoms with Gasteiger partial charge in [0.2, 0.25) is 5.91 Å². The van der Waals surface area contributed by atoms with Gasteiger partial charge in [0.25, 0.3) is 0 Å². The first-order chi connectivity index (χ1) is 14.7. The van der Waals surface area contributed by atoms with Gasteiger partial charge < -0.3 is 15.5 Å². The number of hydrogen-bond donors (Lipinski definition) is 2. The van der Waals surface area contributed by atoms with Crippen LogP contribution in [0.2, 0.25) is 0 Å². The lowest BCUT2D eigenvalue weighted by atomic mass is 10.1. The summed E-state index contributed by atoms with van der Waals surface area (Å²) in [4.78, 5) is 22.8. The zero-order chi connectivity index (χ0) is 20.5. The number of H-pyrrole nitrogens is 1. The summed E-state index contributed by atoms with van der Waals surface area (Å²) in [5, 5.41) is 5.81. The first-order valence-corrected chi connectivity index (χ1v) is 9.47. The number of carbonyl (C=O) groups is 1. The molecule has 1 amide bonds. The quantitative estimate of drug-likeness (QED) is 0.456. The van der Waals surface area contributed by atoms with E-state index in [-0.39, 0.29) is 18.9 Å². The Bertz CT molecular complexity index is 1350. The van der Waals surface area contributed by atoms with Gasteiger partial charge in [0.15, 0.2) is 5.65 Å². The number of rotatable bonds is 6. The molecule has 0 unspecified atom stereocenters. The molecule has 0 saturated heterocycles. The van der Waals surface area contributed by atoms with E-state index in [4.69, 9.17) is 15.6 Å². The SMILES string of the molecule is NC(=O)CCOc1ccc(-c2ccc3ncc(-c4cnc5[nH]ccc5c4)n3n2)cc1. The molecule has 3 N–H and O–H groups in total. The molecule has 8 nitrogen and oxygen atoms in total. The van der Waals surface area contributed by atoms with E-state index in [0.717, 1.165) is 39.2 Å². The molecule has 0 radical (unpaired) electrons. The summed E-state index contributed by atoms with van der Waals surface area (Å²) < 4.78 is 7.35. The number of nitrogens with two attached hydrogens (primary N) is 1. The van der Waals surface area contributed by atoms with Crippen molar-refractivity contribution in [2.45, 2.75) is 6.42 Å². The van der Waals surface area contributed by atoms with Crippen LogP contribution in [0.25, 0.3) is 39.2 Å². The number of carbonyl (C=O) groups excluding carboxylic acids is 1. The smallest absolute Gasteiger partial charge is 0.220 e. The normalized spacial score (nSPS) is 11.2. The standard InChI is InChI=1S/C22H18N6O2/c23-20(29)8-10-30-17-3-1-14(2-4-17)18-5-6-21-25-13-19(28(21)27-18)16-11-15-7-9-24-22(15)26-12-16/h1-7,9,11-13H,8,10H2,(H2,23,29)(H,24,26). The number of nitrogens with one attached hydrogen (secondary N) is 1. The zero-order valence-electron chi connectivity index (χ0n) is 15.9. The average Bonchev–Trinajstić information content (AvgIpc) is 3.39. The highest BCUT2D eigenvalue weighted by atomic mass is 16.5. The molecule has 4 heterocycles. The number of aromatic nitrogens is 5. The fraction of sp³-hybridized carbons (Fsp3) is 0.0909. The van der Waals surface area contributed by atoms with Gasteiger partial charge in [0.1, 0.15) is 11.4 Å². The molecule has 0 aliphatic carbocycles. The Hall–Kier alpha value is -4.20. The number of nitrogens with zero attached hydrogens (tertiary/aromatic N) is 4. The van der Waals surface area contributed by atoms with Crippen LogP contribution in [0.15, 0.2) is 67.1 Å². The summed E-state index contributed by atoms with van der Waals surface area (Å²) in [5.74, 6) is 0.293. The molecule has 0 aliphatic heterocycles. The first kappa shape index (κ1) is 17.9. The van der Waals surface area contributed by atoms with Gasteiger partial charge in [-0.2, -0.15) is 5.10 Å². The second kappa shape index (κ2) is 7.32. The molecule has 0 aliphatic rings. The van der Waals surface area contributed by atoms with Crippen molar-refractivity contribution in [3.05, 3.63) is 67.1 Å². The van der Waals surface area contributed by atoms with Crippen molar-refractivity contribution in [3.8, 4) is 28.3 Å². The molecule has 0 bridgehead atoms. The fourth-order valence-electron chi connectivity index (χ4n) is 3.30. The maximum absolute atomic E-state index is 10.8. The predicted octanol–water partition coefficient (Wildman–Crippen LogP) is 3.19. The van der Waals surface area contributed by atoms with Crippen LogP contribution in [0.3, 0.4) is 0 Å². The number of amides is 1. The van der Waals surface area contributed by atoms with Gasteiger partial charge in [0, 0.05) is 28.9 Å². The number of fused-ring (bicyclic) bond motifs is 2. The summed E-state index contributed by atoms with van der Waals surface area (Å²) >= 11 is 0. The maximum Gasteiger partial charge on any atom is 0.220 e. The Morgan fingerprint density at radius 2 is 1.90 bits per heavy atom. The second-order valence-electron chi connectivity index (χ2n) is 6.86. The van der Waals surface area contributed by atoms with Crippen molar-refractivity contribution < 1.29 is 9.53 Å². The Balaban J connectivity index is 1.46. The lowest BCUT2D eigenvalue weighted by Crippen LogP contribution is -2.14. The van der Waals surface area contributed by atoms with E-state index >= 15 is 0 Å². The van der Waals surface area contributed by atoms with E-state index in [1.54, 1.807) is 6.20 Å². The summed E-state index contributed by atoms with van der Waals surface area (Å²) in [6.45, 7) is 0.261. The zero-order valence-corrected chi connectivity index (χ0v) is 15.9. The van der Waals surface area contributed by atoms with Gasteiger partial charge in [-0.05, 0) is 48.5 Å². The number of imidazole rings is 1. The molecule has 5 aromatic rings. The maximum atomic E-state index is 10.8. The van der Waals surface area contributed by atoms with Crippen molar-refractivity contribution in [3.63, 3.8) is 0 Å². The van der Waals surface area contributed by atoms with Crippen molar-refractivity contribution in [1.82, 2.24) is 24.6 Å². The summed E-state index contributed by atoms with van der Waals surface area (Å²) in [7, 11) is 0. The second-order valence-corrected chi connectivity index (χ2v) is 6.86. The van der Waals surface area contributed by atoms with E-state index < -0.39 is 0 Å². The Kier molecular flexibility index (Phi) is 4.36. The molecule has 0 atom stereocenters. The van der Waals surface area contributed by atoms with Crippen LogP contribution >= 0.6 is 0 Å². The molecule has 0 spiro atoms. The minimum Gasteiger partial charge on any atom is -0.493 e. The van der Waals surface area contributed by atoms with Crippen LogP contribution in [-0.4, -0.2) is 37.1 Å². The van der Waals surface area contributed by atoms with Gasteiger partial charge in [0.05, 0.1) is 30.6 Å². The Labute approximate surface area is 171 Å². The topological polar surface area (TPSA) is 111 Å². The van der Waals surface area contributed by atoms with Crippen molar-refractivity contribution >= 4 is 22.6 Å². The summed E-state index contributed by atoms with van der Waals surface area (Å²) in [5.41, 5.74) is 10.3. The monoisotopic (exact) mass is 398 g/mol. The van der Waals surface area contributed by atoms with Gasteiger partial charge in [-0.15, -0.1) is 0 Å². The largest absolute Gasteiger partial charge is 0.493 e. The Morgan fingerprint density at radius 3 is 2.73 bits per heavy atom. The first-order valence-electron chi connectivity index (χ1n) is 9.47. The third-order valence-corrected chi connectivity index (χ3v) is 4.83. The van der Waals surface area contributed by atoms with Crippen LogP contribution in [0.5, 0.6) is 5.75 Å². The fourth-order valence-corrected chi connectivity index (χ4v) is 3.30. The Morgan fingerprint density at radius 1 is 1.03 bits per heavy atom. The molecular formula is C22H18N6O2.